The van der Waals surface area contributed by atoms with Crippen molar-refractivity contribution in [2.45, 2.75) is 48.8 Å². The molecular weight excluding hydrogens is 474 g/mol. The second-order valence-electron chi connectivity index (χ2n) is 9.49. The van der Waals surface area contributed by atoms with E-state index in [9.17, 15) is 22.0 Å². The van der Waals surface area contributed by atoms with Gasteiger partial charge >= 0.3 is 0 Å². The number of alkyl halides is 2. The molecule has 1 saturated carbocycles. The summed E-state index contributed by atoms with van der Waals surface area (Å²) in [4.78, 5) is 12.6. The highest BCUT2D eigenvalue weighted by molar-refractivity contribution is 7.90. The average Bonchev–Trinajstić information content (AvgIpc) is 3.43. The second-order valence-corrected chi connectivity index (χ2v) is 11.3. The van der Waals surface area contributed by atoms with E-state index in [1.165, 1.54) is 34.4 Å². The van der Waals surface area contributed by atoms with Crippen molar-refractivity contribution < 1.29 is 26.7 Å². The smallest absolute Gasteiger partial charge is 0.268 e. The molecule has 3 aromatic rings. The second kappa shape index (κ2) is 9.35. The number of carbonyl (C=O) groups excluding carboxylic acids is 1. The monoisotopic (exact) mass is 502 g/mol. The summed E-state index contributed by atoms with van der Waals surface area (Å²) >= 11 is 0. The number of carbonyl (C=O) groups is 1. The van der Waals surface area contributed by atoms with Crippen LogP contribution >= 0.6 is 0 Å². The Hall–Kier alpha value is -2.78. The number of nitrogens with one attached hydrogen (secondary N) is 1. The summed E-state index contributed by atoms with van der Waals surface area (Å²) in [5.74, 6) is -3.00. The first-order chi connectivity index (χ1) is 16.7. The first-order valence-corrected chi connectivity index (χ1v) is 13.4. The lowest BCUT2D eigenvalue weighted by atomic mass is 9.97. The summed E-state index contributed by atoms with van der Waals surface area (Å²) in [5.41, 5.74) is 1.46. The fraction of sp³-hybridized carbons (Fsp3) is 0.423. The van der Waals surface area contributed by atoms with Crippen molar-refractivity contribution in [3.05, 3.63) is 65.9 Å². The highest BCUT2D eigenvalue weighted by atomic mass is 32.2. The molecule has 2 heterocycles. The number of fused-ring (bicyclic) bond motifs is 1. The Morgan fingerprint density at radius 2 is 1.77 bits per heavy atom. The van der Waals surface area contributed by atoms with Gasteiger partial charge in [-0.25, -0.2) is 21.2 Å². The van der Waals surface area contributed by atoms with Gasteiger partial charge in [0.2, 0.25) is 5.92 Å². The normalized spacial score (nSPS) is 20.8. The topological polar surface area (TPSA) is 77.4 Å². The molecule has 0 spiro atoms. The SMILES string of the molecule is O=C(NCC1CCOCC1)c1ccc(S(=O)(=O)n2cc(C3CCC(F)(F)C3)c3ccccc32)cc1. The third kappa shape index (κ3) is 4.84. The summed E-state index contributed by atoms with van der Waals surface area (Å²) in [7, 11) is -3.99. The molecule has 0 bridgehead atoms. The van der Waals surface area contributed by atoms with Crippen LogP contribution in [-0.2, 0) is 14.8 Å². The van der Waals surface area contributed by atoms with Gasteiger partial charge in [0.1, 0.15) is 0 Å². The molecule has 5 rings (SSSR count). The molecular formula is C26H28F2N2O4S. The number of amides is 1. The predicted octanol–water partition coefficient (Wildman–Crippen LogP) is 4.94. The molecule has 2 aromatic carbocycles. The summed E-state index contributed by atoms with van der Waals surface area (Å²) < 4.78 is 61.3. The fourth-order valence-electron chi connectivity index (χ4n) is 5.10. The Balaban J connectivity index is 1.38. The van der Waals surface area contributed by atoms with Crippen LogP contribution in [0.3, 0.4) is 0 Å². The minimum absolute atomic E-state index is 0.0301. The number of rotatable bonds is 6. The van der Waals surface area contributed by atoms with E-state index in [-0.39, 0.29) is 23.6 Å². The minimum atomic E-state index is -3.99. The third-order valence-corrected chi connectivity index (χ3v) is 8.81. The van der Waals surface area contributed by atoms with E-state index in [0.717, 1.165) is 12.8 Å². The molecule has 1 atom stereocenters. The van der Waals surface area contributed by atoms with E-state index in [2.05, 4.69) is 5.32 Å². The number of para-hydroxylation sites is 1. The maximum atomic E-state index is 13.9. The molecule has 1 aliphatic heterocycles. The van der Waals surface area contributed by atoms with E-state index in [0.29, 0.717) is 54.1 Å². The van der Waals surface area contributed by atoms with Gasteiger partial charge in [-0.15, -0.1) is 0 Å². The van der Waals surface area contributed by atoms with Gasteiger partial charge in [0.15, 0.2) is 0 Å². The molecule has 1 unspecified atom stereocenters. The summed E-state index contributed by atoms with van der Waals surface area (Å²) in [6.45, 7) is 1.96. The van der Waals surface area contributed by atoms with Crippen LogP contribution < -0.4 is 5.32 Å². The van der Waals surface area contributed by atoms with Crippen LogP contribution in [0.15, 0.2) is 59.6 Å². The van der Waals surface area contributed by atoms with Gasteiger partial charge in [0.25, 0.3) is 15.9 Å². The van der Waals surface area contributed by atoms with Gasteiger partial charge in [-0.05, 0) is 67.0 Å². The van der Waals surface area contributed by atoms with Crippen LogP contribution in [0.1, 0.15) is 53.9 Å². The van der Waals surface area contributed by atoms with Crippen LogP contribution in [0.25, 0.3) is 10.9 Å². The molecule has 1 aliphatic carbocycles. The maximum Gasteiger partial charge on any atom is 0.268 e. The molecule has 9 heteroatoms. The molecule has 0 radical (unpaired) electrons. The maximum absolute atomic E-state index is 13.9. The van der Waals surface area contributed by atoms with Gasteiger partial charge < -0.3 is 10.1 Å². The van der Waals surface area contributed by atoms with Crippen molar-refractivity contribution in [2.75, 3.05) is 19.8 Å². The van der Waals surface area contributed by atoms with Gasteiger partial charge in [-0.1, -0.05) is 18.2 Å². The third-order valence-electron chi connectivity index (χ3n) is 7.12. The Morgan fingerprint density at radius 1 is 1.06 bits per heavy atom. The quantitative estimate of drug-likeness (QED) is 0.518. The first kappa shape index (κ1) is 23.9. The fourth-order valence-corrected chi connectivity index (χ4v) is 6.47. The minimum Gasteiger partial charge on any atom is -0.381 e. The van der Waals surface area contributed by atoms with Gasteiger partial charge in [0.05, 0.1) is 10.4 Å². The van der Waals surface area contributed by atoms with Crippen LogP contribution in [0.2, 0.25) is 0 Å². The number of nitrogens with zero attached hydrogens (tertiary/aromatic N) is 1. The molecule has 1 N–H and O–H groups in total. The Morgan fingerprint density at radius 3 is 2.46 bits per heavy atom. The predicted molar refractivity (Wildman–Crippen MR) is 128 cm³/mol. The molecule has 1 aromatic heterocycles. The Kier molecular flexibility index (Phi) is 6.40. The first-order valence-electron chi connectivity index (χ1n) is 11.9. The lowest BCUT2D eigenvalue weighted by Gasteiger charge is -2.22. The number of aromatic nitrogens is 1. The summed E-state index contributed by atoms with van der Waals surface area (Å²) in [5, 5.41) is 3.58. The molecule has 35 heavy (non-hydrogen) atoms. The van der Waals surface area contributed by atoms with Gasteiger partial charge in [-0.3, -0.25) is 4.79 Å². The van der Waals surface area contributed by atoms with Gasteiger partial charge in [0, 0.05) is 49.7 Å². The summed E-state index contributed by atoms with van der Waals surface area (Å²) in [6.07, 6.45) is 3.14. The number of ether oxygens (including phenoxy) is 1. The lowest BCUT2D eigenvalue weighted by Crippen LogP contribution is -2.32. The number of hydrogen-bond donors (Lipinski definition) is 1. The highest BCUT2D eigenvalue weighted by Crippen LogP contribution is 2.46. The number of hydrogen-bond acceptors (Lipinski definition) is 4. The number of halogens is 2. The van der Waals surface area contributed by atoms with E-state index in [1.807, 2.05) is 0 Å². The van der Waals surface area contributed by atoms with Crippen molar-refractivity contribution in [3.8, 4) is 0 Å². The molecule has 1 amide bonds. The Labute approximate surface area is 203 Å². The van der Waals surface area contributed by atoms with Crippen LogP contribution in [-0.4, -0.2) is 44.0 Å². The zero-order valence-corrected chi connectivity index (χ0v) is 20.1. The lowest BCUT2D eigenvalue weighted by molar-refractivity contribution is 0.00779. The van der Waals surface area contributed by atoms with E-state index in [1.54, 1.807) is 24.3 Å². The molecule has 186 valence electrons. The van der Waals surface area contributed by atoms with Crippen molar-refractivity contribution in [3.63, 3.8) is 0 Å². The van der Waals surface area contributed by atoms with E-state index < -0.39 is 21.9 Å². The molecule has 2 aliphatic rings. The van der Waals surface area contributed by atoms with Crippen molar-refractivity contribution in [1.82, 2.24) is 9.29 Å². The van der Waals surface area contributed by atoms with Crippen LogP contribution in [0.4, 0.5) is 8.78 Å². The van der Waals surface area contributed by atoms with Gasteiger partial charge in [-0.2, -0.15) is 0 Å². The highest BCUT2D eigenvalue weighted by Gasteiger charge is 2.41. The zero-order chi connectivity index (χ0) is 24.6. The summed E-state index contributed by atoms with van der Waals surface area (Å²) in [6, 6.07) is 12.8. The molecule has 1 saturated heterocycles. The van der Waals surface area contributed by atoms with E-state index in [4.69, 9.17) is 4.74 Å². The van der Waals surface area contributed by atoms with Crippen LogP contribution in [0, 0.1) is 5.92 Å². The molecule has 6 nitrogen and oxygen atoms in total. The van der Waals surface area contributed by atoms with Crippen LogP contribution in [0.5, 0.6) is 0 Å². The standard InChI is InChI=1S/C26H28F2N2O4S/c27-26(28)12-9-20(15-26)23-17-30(24-4-2-1-3-22(23)24)35(32,33)21-7-5-19(6-8-21)25(31)29-16-18-10-13-34-14-11-18/h1-8,17-18,20H,9-16H2,(H,29,31). The van der Waals surface area contributed by atoms with E-state index >= 15 is 0 Å². The zero-order valence-electron chi connectivity index (χ0n) is 19.3. The Bertz CT molecular complexity index is 1330. The average molecular weight is 503 g/mol. The number of benzene rings is 2. The van der Waals surface area contributed by atoms with Crippen molar-refractivity contribution >= 4 is 26.8 Å². The van der Waals surface area contributed by atoms with Crippen molar-refractivity contribution in [2.24, 2.45) is 5.92 Å². The molecule has 2 fully saturated rings. The van der Waals surface area contributed by atoms with Crippen molar-refractivity contribution in [1.29, 1.82) is 0 Å². The largest absolute Gasteiger partial charge is 0.381 e.